The average molecular weight is 265 g/mol. The third kappa shape index (κ3) is 4.91. The predicted molar refractivity (Wildman–Crippen MR) is 76.3 cm³/mol. The van der Waals surface area contributed by atoms with Crippen LogP contribution in [0.25, 0.3) is 0 Å². The van der Waals surface area contributed by atoms with E-state index in [-0.39, 0.29) is 18.0 Å². The first kappa shape index (κ1) is 15.5. The van der Waals surface area contributed by atoms with Crippen LogP contribution in [0.2, 0.25) is 0 Å². The van der Waals surface area contributed by atoms with Crippen molar-refractivity contribution in [2.75, 3.05) is 14.2 Å². The number of quaternary nitrogens is 1. The molecule has 1 amide bonds. The molecule has 1 aromatic carbocycles. The number of hydrogen-bond donors (Lipinski definition) is 2. The van der Waals surface area contributed by atoms with E-state index in [1.54, 1.807) is 7.11 Å². The minimum atomic E-state index is -0.0653. The van der Waals surface area contributed by atoms with Gasteiger partial charge in [-0.25, -0.2) is 0 Å². The molecule has 2 atom stereocenters. The number of hydrogen-bond acceptors (Lipinski definition) is 2. The average Bonchev–Trinajstić information content (AvgIpc) is 2.37. The zero-order valence-electron chi connectivity index (χ0n) is 12.5. The molecule has 0 aromatic heterocycles. The Balaban J connectivity index is 2.57. The summed E-state index contributed by atoms with van der Waals surface area (Å²) < 4.78 is 5.13. The second kappa shape index (κ2) is 7.14. The Hall–Kier alpha value is -1.55. The van der Waals surface area contributed by atoms with Crippen LogP contribution in [-0.2, 0) is 11.3 Å². The molecule has 19 heavy (non-hydrogen) atoms. The van der Waals surface area contributed by atoms with E-state index in [0.29, 0.717) is 0 Å². The minimum absolute atomic E-state index is 0.0653. The molecule has 0 saturated heterocycles. The summed E-state index contributed by atoms with van der Waals surface area (Å²) in [7, 11) is 3.69. The van der Waals surface area contributed by atoms with Crippen molar-refractivity contribution in [1.29, 1.82) is 0 Å². The lowest BCUT2D eigenvalue weighted by Gasteiger charge is -2.22. The van der Waals surface area contributed by atoms with Crippen LogP contribution in [0.15, 0.2) is 24.3 Å². The fourth-order valence-electron chi connectivity index (χ4n) is 1.85. The summed E-state index contributed by atoms with van der Waals surface area (Å²) in [5, 5.41) is 2.95. The fraction of sp³-hybridized carbons (Fsp3) is 0.533. The van der Waals surface area contributed by atoms with Gasteiger partial charge in [-0.3, -0.25) is 4.79 Å². The second-order valence-corrected chi connectivity index (χ2v) is 5.26. The minimum Gasteiger partial charge on any atom is -0.497 e. The highest BCUT2D eigenvalue weighted by atomic mass is 16.5. The fourth-order valence-corrected chi connectivity index (χ4v) is 1.85. The molecule has 4 nitrogen and oxygen atoms in total. The van der Waals surface area contributed by atoms with Gasteiger partial charge in [-0.15, -0.1) is 0 Å². The first-order valence-corrected chi connectivity index (χ1v) is 6.69. The van der Waals surface area contributed by atoms with Crippen LogP contribution >= 0.6 is 0 Å². The van der Waals surface area contributed by atoms with Crippen molar-refractivity contribution in [2.24, 2.45) is 0 Å². The summed E-state index contributed by atoms with van der Waals surface area (Å²) in [6.07, 6.45) is 0. The van der Waals surface area contributed by atoms with Gasteiger partial charge in [-0.2, -0.15) is 0 Å². The number of rotatable bonds is 6. The molecule has 0 fully saturated rings. The molecule has 106 valence electrons. The van der Waals surface area contributed by atoms with Crippen molar-refractivity contribution in [3.8, 4) is 5.75 Å². The molecule has 1 unspecified atom stereocenters. The van der Waals surface area contributed by atoms with Crippen molar-refractivity contribution in [2.45, 2.75) is 39.4 Å². The standard InChI is InChI=1S/C15H24N2O2/c1-11(2)16-15(18)12(3)17(4)10-13-6-8-14(19-5)9-7-13/h6-9,11-12H,10H2,1-5H3,(H,16,18)/p+1/t12-/m1/s1. The van der Waals surface area contributed by atoms with E-state index in [2.05, 4.69) is 5.32 Å². The van der Waals surface area contributed by atoms with Crippen molar-refractivity contribution >= 4 is 5.91 Å². The van der Waals surface area contributed by atoms with E-state index in [9.17, 15) is 4.79 Å². The van der Waals surface area contributed by atoms with Gasteiger partial charge in [0.15, 0.2) is 6.04 Å². The number of carbonyl (C=O) groups excluding carboxylic acids is 1. The van der Waals surface area contributed by atoms with Crippen LogP contribution < -0.4 is 15.0 Å². The van der Waals surface area contributed by atoms with Gasteiger partial charge >= 0.3 is 0 Å². The molecule has 1 aromatic rings. The molecular weight excluding hydrogens is 240 g/mol. The maximum absolute atomic E-state index is 11.9. The lowest BCUT2D eigenvalue weighted by atomic mass is 10.1. The normalized spacial score (nSPS) is 14.0. The van der Waals surface area contributed by atoms with E-state index in [0.717, 1.165) is 12.3 Å². The Morgan fingerprint density at radius 3 is 2.32 bits per heavy atom. The predicted octanol–water partition coefficient (Wildman–Crippen LogP) is 0.623. The highest BCUT2D eigenvalue weighted by Crippen LogP contribution is 2.10. The second-order valence-electron chi connectivity index (χ2n) is 5.26. The number of likely N-dealkylation sites (N-methyl/N-ethyl adjacent to an activating group) is 1. The maximum Gasteiger partial charge on any atom is 0.278 e. The van der Waals surface area contributed by atoms with E-state index in [4.69, 9.17) is 4.74 Å². The summed E-state index contributed by atoms with van der Waals surface area (Å²) in [6.45, 7) is 6.72. The van der Waals surface area contributed by atoms with Crippen LogP contribution in [-0.4, -0.2) is 32.1 Å². The maximum atomic E-state index is 11.9. The molecule has 2 N–H and O–H groups in total. The number of carbonyl (C=O) groups is 1. The molecule has 0 aliphatic rings. The van der Waals surface area contributed by atoms with Gasteiger partial charge in [0.25, 0.3) is 5.91 Å². The van der Waals surface area contributed by atoms with Crippen molar-refractivity contribution in [3.05, 3.63) is 29.8 Å². The summed E-state index contributed by atoms with van der Waals surface area (Å²) in [5.74, 6) is 0.952. The van der Waals surface area contributed by atoms with Crippen LogP contribution in [0.5, 0.6) is 5.75 Å². The molecular formula is C15H25N2O2+. The van der Waals surface area contributed by atoms with E-state index < -0.39 is 0 Å². The molecule has 0 bridgehead atoms. The molecule has 0 saturated carbocycles. The molecule has 4 heteroatoms. The molecule has 0 radical (unpaired) electrons. The van der Waals surface area contributed by atoms with Crippen molar-refractivity contribution in [3.63, 3.8) is 0 Å². The zero-order valence-corrected chi connectivity index (χ0v) is 12.5. The lowest BCUT2D eigenvalue weighted by molar-refractivity contribution is -0.908. The van der Waals surface area contributed by atoms with Crippen molar-refractivity contribution < 1.29 is 14.4 Å². The largest absolute Gasteiger partial charge is 0.497 e. The van der Waals surface area contributed by atoms with Gasteiger partial charge in [-0.05, 0) is 45.0 Å². The number of ether oxygens (including phenoxy) is 1. The van der Waals surface area contributed by atoms with Crippen LogP contribution in [0.3, 0.4) is 0 Å². The third-order valence-electron chi connectivity index (χ3n) is 3.21. The van der Waals surface area contributed by atoms with Crippen LogP contribution in [0, 0.1) is 0 Å². The quantitative estimate of drug-likeness (QED) is 0.792. The Bertz CT molecular complexity index is 401. The summed E-state index contributed by atoms with van der Waals surface area (Å²) in [6, 6.07) is 8.08. The van der Waals surface area contributed by atoms with E-state index >= 15 is 0 Å². The smallest absolute Gasteiger partial charge is 0.278 e. The Kier molecular flexibility index (Phi) is 5.83. The molecule has 0 heterocycles. The summed E-state index contributed by atoms with van der Waals surface area (Å²) in [4.78, 5) is 13.1. The first-order valence-electron chi connectivity index (χ1n) is 6.69. The number of nitrogens with one attached hydrogen (secondary N) is 2. The topological polar surface area (TPSA) is 42.8 Å². The van der Waals surface area contributed by atoms with Gasteiger partial charge in [0, 0.05) is 11.6 Å². The Morgan fingerprint density at radius 1 is 1.26 bits per heavy atom. The number of amides is 1. The Morgan fingerprint density at radius 2 is 1.84 bits per heavy atom. The van der Waals surface area contributed by atoms with E-state index in [1.165, 1.54) is 10.5 Å². The number of methoxy groups -OCH3 is 1. The van der Waals surface area contributed by atoms with Gasteiger partial charge in [0.05, 0.1) is 14.2 Å². The van der Waals surface area contributed by atoms with Gasteiger partial charge in [-0.1, -0.05) is 0 Å². The molecule has 0 spiro atoms. The monoisotopic (exact) mass is 265 g/mol. The van der Waals surface area contributed by atoms with Gasteiger partial charge < -0.3 is 15.0 Å². The molecule has 0 aliphatic carbocycles. The molecule has 0 aliphatic heterocycles. The van der Waals surface area contributed by atoms with Gasteiger partial charge in [0.2, 0.25) is 0 Å². The molecule has 1 rings (SSSR count). The number of benzene rings is 1. The summed E-state index contributed by atoms with van der Waals surface area (Å²) >= 11 is 0. The van der Waals surface area contributed by atoms with Crippen LogP contribution in [0.1, 0.15) is 26.3 Å². The zero-order chi connectivity index (χ0) is 14.4. The lowest BCUT2D eigenvalue weighted by Crippen LogP contribution is -3.12. The Labute approximate surface area is 115 Å². The van der Waals surface area contributed by atoms with E-state index in [1.807, 2.05) is 52.1 Å². The van der Waals surface area contributed by atoms with Crippen LogP contribution in [0.4, 0.5) is 0 Å². The third-order valence-corrected chi connectivity index (χ3v) is 3.21. The van der Waals surface area contributed by atoms with Gasteiger partial charge in [0.1, 0.15) is 12.3 Å². The summed E-state index contributed by atoms with van der Waals surface area (Å²) in [5.41, 5.74) is 1.20. The SMILES string of the molecule is COc1ccc(C[NH+](C)[C@H](C)C(=O)NC(C)C)cc1. The highest BCUT2D eigenvalue weighted by molar-refractivity contribution is 5.80. The van der Waals surface area contributed by atoms with Crippen molar-refractivity contribution in [1.82, 2.24) is 5.32 Å². The highest BCUT2D eigenvalue weighted by Gasteiger charge is 2.22. The first-order chi connectivity index (χ1) is 8.93.